The molecule has 1 atom stereocenters. The van der Waals surface area contributed by atoms with E-state index in [0.29, 0.717) is 6.54 Å². The molecule has 1 saturated heterocycles. The Bertz CT molecular complexity index is 403. The van der Waals surface area contributed by atoms with Crippen molar-refractivity contribution in [1.29, 1.82) is 0 Å². The normalized spacial score (nSPS) is 20.8. The van der Waals surface area contributed by atoms with Crippen LogP contribution < -0.4 is 0 Å². The summed E-state index contributed by atoms with van der Waals surface area (Å²) in [5.74, 6) is -0.708. The maximum absolute atomic E-state index is 11.2. The second-order valence-electron chi connectivity index (χ2n) is 4.83. The summed E-state index contributed by atoms with van der Waals surface area (Å²) in [4.78, 5) is 17.6. The van der Waals surface area contributed by atoms with Gasteiger partial charge in [0.05, 0.1) is 5.69 Å². The molecule has 1 unspecified atom stereocenters. The number of nitrogens with zero attached hydrogens (tertiary/aromatic N) is 2. The first-order valence-electron chi connectivity index (χ1n) is 6.61. The summed E-state index contributed by atoms with van der Waals surface area (Å²) in [5.41, 5.74) is 2.17. The van der Waals surface area contributed by atoms with Crippen LogP contribution in [0.3, 0.4) is 0 Å². The lowest BCUT2D eigenvalue weighted by molar-refractivity contribution is -0.144. The molecule has 4 heteroatoms. The molecular weight excluding hydrogens is 228 g/mol. The van der Waals surface area contributed by atoms with Gasteiger partial charge in [0, 0.05) is 12.7 Å². The van der Waals surface area contributed by atoms with Gasteiger partial charge in [0.1, 0.15) is 6.04 Å². The minimum atomic E-state index is -0.708. The highest BCUT2D eigenvalue weighted by atomic mass is 16.4. The van der Waals surface area contributed by atoms with E-state index in [9.17, 15) is 9.90 Å². The fourth-order valence-corrected chi connectivity index (χ4v) is 2.43. The van der Waals surface area contributed by atoms with Crippen molar-refractivity contribution in [3.8, 4) is 0 Å². The molecular formula is C14H20N2O2. The van der Waals surface area contributed by atoms with Gasteiger partial charge in [-0.2, -0.15) is 0 Å². The van der Waals surface area contributed by atoms with Crippen LogP contribution in [0.5, 0.6) is 0 Å². The minimum Gasteiger partial charge on any atom is -0.480 e. The van der Waals surface area contributed by atoms with Crippen LogP contribution in [0.1, 0.15) is 37.4 Å². The Hall–Kier alpha value is -1.42. The summed E-state index contributed by atoms with van der Waals surface area (Å²) < 4.78 is 0. The van der Waals surface area contributed by atoms with Crippen LogP contribution in [0.2, 0.25) is 0 Å². The number of piperidine rings is 1. The first kappa shape index (κ1) is 13.0. The van der Waals surface area contributed by atoms with Gasteiger partial charge in [-0.05, 0) is 37.4 Å². The molecule has 1 N–H and O–H groups in total. The number of carboxylic acid groups (broad SMARTS) is 1. The van der Waals surface area contributed by atoms with Crippen molar-refractivity contribution >= 4 is 5.97 Å². The van der Waals surface area contributed by atoms with E-state index in [1.807, 2.05) is 17.2 Å². The summed E-state index contributed by atoms with van der Waals surface area (Å²) in [6.07, 6.45) is 5.71. The number of aromatic nitrogens is 1. The quantitative estimate of drug-likeness (QED) is 0.886. The number of hydrogen-bond donors (Lipinski definition) is 1. The second-order valence-corrected chi connectivity index (χ2v) is 4.83. The molecule has 98 valence electrons. The van der Waals surface area contributed by atoms with E-state index in [-0.39, 0.29) is 6.04 Å². The lowest BCUT2D eigenvalue weighted by Crippen LogP contribution is -2.44. The molecule has 0 saturated carbocycles. The summed E-state index contributed by atoms with van der Waals surface area (Å²) in [6.45, 7) is 3.59. The van der Waals surface area contributed by atoms with E-state index in [2.05, 4.69) is 18.0 Å². The third-order valence-electron chi connectivity index (χ3n) is 3.56. The van der Waals surface area contributed by atoms with E-state index < -0.39 is 5.97 Å². The molecule has 18 heavy (non-hydrogen) atoms. The zero-order valence-electron chi connectivity index (χ0n) is 10.8. The topological polar surface area (TPSA) is 53.4 Å². The number of likely N-dealkylation sites (tertiary alicyclic amines) is 1. The Morgan fingerprint density at radius 2 is 2.33 bits per heavy atom. The number of carbonyl (C=O) groups is 1. The largest absolute Gasteiger partial charge is 0.480 e. The summed E-state index contributed by atoms with van der Waals surface area (Å²) in [7, 11) is 0. The molecule has 2 rings (SSSR count). The predicted octanol–water partition coefficient (Wildman–Crippen LogP) is 2.08. The van der Waals surface area contributed by atoms with E-state index in [1.54, 1.807) is 0 Å². The van der Waals surface area contributed by atoms with Gasteiger partial charge < -0.3 is 5.11 Å². The van der Waals surface area contributed by atoms with Gasteiger partial charge in [-0.15, -0.1) is 0 Å². The maximum atomic E-state index is 11.2. The van der Waals surface area contributed by atoms with Crippen LogP contribution in [0, 0.1) is 0 Å². The number of hydrogen-bond acceptors (Lipinski definition) is 3. The molecule has 1 aliphatic heterocycles. The first-order chi connectivity index (χ1) is 8.70. The van der Waals surface area contributed by atoms with Crippen molar-refractivity contribution in [2.45, 2.75) is 45.2 Å². The van der Waals surface area contributed by atoms with Gasteiger partial charge in [0.15, 0.2) is 0 Å². The SMILES string of the molecule is CCc1ccc(CN2CCCCC2C(=O)O)nc1. The number of carboxylic acids is 1. The molecule has 1 aliphatic rings. The fourth-order valence-electron chi connectivity index (χ4n) is 2.43. The van der Waals surface area contributed by atoms with E-state index >= 15 is 0 Å². The highest BCUT2D eigenvalue weighted by Crippen LogP contribution is 2.19. The van der Waals surface area contributed by atoms with Crippen molar-refractivity contribution in [3.05, 3.63) is 29.6 Å². The van der Waals surface area contributed by atoms with E-state index in [4.69, 9.17) is 0 Å². The molecule has 2 heterocycles. The van der Waals surface area contributed by atoms with Crippen LogP contribution in [-0.2, 0) is 17.8 Å². The zero-order valence-corrected chi connectivity index (χ0v) is 10.8. The Labute approximate surface area is 108 Å². The van der Waals surface area contributed by atoms with Crippen LogP contribution in [0.15, 0.2) is 18.3 Å². The van der Waals surface area contributed by atoms with Crippen molar-refractivity contribution in [1.82, 2.24) is 9.88 Å². The highest BCUT2D eigenvalue weighted by molar-refractivity contribution is 5.73. The van der Waals surface area contributed by atoms with Crippen LogP contribution in [0.25, 0.3) is 0 Å². The molecule has 1 aromatic heterocycles. The molecule has 0 radical (unpaired) electrons. The highest BCUT2D eigenvalue weighted by Gasteiger charge is 2.28. The minimum absolute atomic E-state index is 0.341. The first-order valence-corrected chi connectivity index (χ1v) is 6.61. The molecule has 1 fully saturated rings. The average Bonchev–Trinajstić information content (AvgIpc) is 2.40. The number of aryl methyl sites for hydroxylation is 1. The average molecular weight is 248 g/mol. The van der Waals surface area contributed by atoms with Crippen molar-refractivity contribution in [2.24, 2.45) is 0 Å². The van der Waals surface area contributed by atoms with Crippen LogP contribution in [-0.4, -0.2) is 33.5 Å². The lowest BCUT2D eigenvalue weighted by Gasteiger charge is -2.32. The monoisotopic (exact) mass is 248 g/mol. The maximum Gasteiger partial charge on any atom is 0.320 e. The molecule has 0 bridgehead atoms. The van der Waals surface area contributed by atoms with Gasteiger partial charge in [-0.25, -0.2) is 0 Å². The van der Waals surface area contributed by atoms with Crippen LogP contribution >= 0.6 is 0 Å². The summed E-state index contributed by atoms with van der Waals surface area (Å²) in [5, 5.41) is 9.21. The van der Waals surface area contributed by atoms with Gasteiger partial charge in [0.2, 0.25) is 0 Å². The molecule has 4 nitrogen and oxygen atoms in total. The number of aliphatic carboxylic acids is 1. The Kier molecular flexibility index (Phi) is 4.31. The third-order valence-corrected chi connectivity index (χ3v) is 3.56. The van der Waals surface area contributed by atoms with Gasteiger partial charge in [-0.1, -0.05) is 19.4 Å². The van der Waals surface area contributed by atoms with Gasteiger partial charge in [0.25, 0.3) is 0 Å². The molecule has 0 aliphatic carbocycles. The zero-order chi connectivity index (χ0) is 13.0. The van der Waals surface area contributed by atoms with Crippen molar-refractivity contribution in [3.63, 3.8) is 0 Å². The molecule has 0 spiro atoms. The molecule has 0 aromatic carbocycles. The van der Waals surface area contributed by atoms with Crippen LogP contribution in [0.4, 0.5) is 0 Å². The molecule has 0 amide bonds. The summed E-state index contributed by atoms with van der Waals surface area (Å²) in [6, 6.07) is 3.74. The van der Waals surface area contributed by atoms with E-state index in [1.165, 1.54) is 5.56 Å². The summed E-state index contributed by atoms with van der Waals surface area (Å²) >= 11 is 0. The van der Waals surface area contributed by atoms with E-state index in [0.717, 1.165) is 37.9 Å². The Morgan fingerprint density at radius 3 is 2.94 bits per heavy atom. The Morgan fingerprint density at radius 1 is 1.50 bits per heavy atom. The number of rotatable bonds is 4. The Balaban J connectivity index is 2.03. The predicted molar refractivity (Wildman–Crippen MR) is 69.3 cm³/mol. The smallest absolute Gasteiger partial charge is 0.320 e. The van der Waals surface area contributed by atoms with Gasteiger partial charge in [-0.3, -0.25) is 14.7 Å². The standard InChI is InChI=1S/C14H20N2O2/c1-2-11-6-7-12(15-9-11)10-16-8-4-3-5-13(16)14(17)18/h6-7,9,13H,2-5,8,10H2,1H3,(H,17,18). The lowest BCUT2D eigenvalue weighted by atomic mass is 10.0. The van der Waals surface area contributed by atoms with Crippen molar-refractivity contribution < 1.29 is 9.90 Å². The fraction of sp³-hybridized carbons (Fsp3) is 0.571. The van der Waals surface area contributed by atoms with Gasteiger partial charge >= 0.3 is 5.97 Å². The van der Waals surface area contributed by atoms with Crippen molar-refractivity contribution in [2.75, 3.05) is 6.54 Å². The number of pyridine rings is 1. The third kappa shape index (κ3) is 3.07. The second kappa shape index (κ2) is 5.96. The molecule has 1 aromatic rings.